The van der Waals surface area contributed by atoms with E-state index >= 15 is 0 Å². The van der Waals surface area contributed by atoms with Crippen LogP contribution in [0.1, 0.15) is 69.9 Å². The van der Waals surface area contributed by atoms with Gasteiger partial charge in [-0.2, -0.15) is 5.10 Å². The molecule has 0 aliphatic heterocycles. The number of methoxy groups -OCH3 is 3. The van der Waals surface area contributed by atoms with Gasteiger partial charge in [0.25, 0.3) is 0 Å². The number of rotatable bonds is 8. The number of hydrogen-bond donors (Lipinski definition) is 0. The molecule has 3 aromatic rings. The van der Waals surface area contributed by atoms with Gasteiger partial charge in [0.05, 0.1) is 32.7 Å². The van der Waals surface area contributed by atoms with Crippen molar-refractivity contribution >= 4 is 17.0 Å². The summed E-state index contributed by atoms with van der Waals surface area (Å²) in [5, 5.41) is 7.18. The van der Waals surface area contributed by atoms with Gasteiger partial charge in [0, 0.05) is 22.5 Å². The van der Waals surface area contributed by atoms with Gasteiger partial charge in [-0.3, -0.25) is 4.99 Å². The highest BCUT2D eigenvalue weighted by molar-refractivity contribution is 7.07. The maximum Gasteiger partial charge on any atom is 0.206 e. The normalized spacial score (nSPS) is 15.4. The van der Waals surface area contributed by atoms with E-state index in [0.29, 0.717) is 23.2 Å². The summed E-state index contributed by atoms with van der Waals surface area (Å²) >= 11 is 1.61. The van der Waals surface area contributed by atoms with Crippen LogP contribution in [0, 0.1) is 0 Å². The lowest BCUT2D eigenvalue weighted by atomic mass is 9.84. The van der Waals surface area contributed by atoms with Crippen LogP contribution in [0.15, 0.2) is 51.9 Å². The van der Waals surface area contributed by atoms with E-state index in [9.17, 15) is 0 Å². The van der Waals surface area contributed by atoms with Crippen molar-refractivity contribution < 1.29 is 14.2 Å². The van der Waals surface area contributed by atoms with Gasteiger partial charge in [0.15, 0.2) is 11.5 Å². The number of benzene rings is 2. The predicted octanol–water partition coefficient (Wildman–Crippen LogP) is 6.87. The molecule has 1 fully saturated rings. The molecule has 2 aromatic carbocycles. The van der Waals surface area contributed by atoms with Crippen molar-refractivity contribution in [2.45, 2.75) is 64.8 Å². The van der Waals surface area contributed by atoms with Gasteiger partial charge in [0.2, 0.25) is 10.6 Å². The Morgan fingerprint density at radius 1 is 0.944 bits per heavy atom. The molecule has 1 aliphatic rings. The number of ether oxygens (including phenoxy) is 3. The van der Waals surface area contributed by atoms with E-state index in [1.54, 1.807) is 32.7 Å². The topological polar surface area (TPSA) is 57.3 Å². The van der Waals surface area contributed by atoms with Crippen LogP contribution in [0.4, 0.5) is 0 Å². The molecule has 6 nitrogen and oxygen atoms in total. The quantitative estimate of drug-likeness (QED) is 0.313. The van der Waals surface area contributed by atoms with Crippen molar-refractivity contribution in [1.82, 2.24) is 4.68 Å². The Hall–Kier alpha value is -3.06. The second-order valence-electron chi connectivity index (χ2n) is 9.49. The van der Waals surface area contributed by atoms with Crippen LogP contribution >= 0.6 is 11.3 Å². The summed E-state index contributed by atoms with van der Waals surface area (Å²) in [6.45, 7) is 6.15. The molecular formula is C29H37N3O3S. The molecule has 4 rings (SSSR count). The maximum absolute atomic E-state index is 5.55. The van der Waals surface area contributed by atoms with Gasteiger partial charge >= 0.3 is 0 Å². The van der Waals surface area contributed by atoms with Crippen LogP contribution in [-0.4, -0.2) is 37.8 Å². The molecule has 0 atom stereocenters. The fourth-order valence-corrected chi connectivity index (χ4v) is 5.73. The molecule has 1 heterocycles. The molecule has 0 spiro atoms. The van der Waals surface area contributed by atoms with Crippen LogP contribution in [0.3, 0.4) is 0 Å². The van der Waals surface area contributed by atoms with Gasteiger partial charge in [-0.05, 0) is 57.2 Å². The summed E-state index contributed by atoms with van der Waals surface area (Å²) in [5.74, 6) is 2.45. The zero-order valence-electron chi connectivity index (χ0n) is 22.2. The van der Waals surface area contributed by atoms with Crippen molar-refractivity contribution in [2.75, 3.05) is 21.3 Å². The minimum absolute atomic E-state index is 0.160. The Labute approximate surface area is 218 Å². The van der Waals surface area contributed by atoms with Crippen LogP contribution in [0.5, 0.6) is 17.2 Å². The van der Waals surface area contributed by atoms with E-state index in [2.05, 4.69) is 43.5 Å². The Kier molecular flexibility index (Phi) is 8.52. The van der Waals surface area contributed by atoms with E-state index in [1.807, 2.05) is 23.7 Å². The summed E-state index contributed by atoms with van der Waals surface area (Å²) in [4.78, 5) is 5.71. The molecular weight excluding hydrogens is 470 g/mol. The highest BCUT2D eigenvalue weighted by Crippen LogP contribution is 2.38. The Morgan fingerprint density at radius 2 is 1.58 bits per heavy atom. The zero-order chi connectivity index (χ0) is 25.7. The van der Waals surface area contributed by atoms with Crippen molar-refractivity contribution in [3.63, 3.8) is 0 Å². The highest BCUT2D eigenvalue weighted by Gasteiger charge is 2.17. The molecule has 0 bridgehead atoms. The third-order valence-electron chi connectivity index (χ3n) is 6.67. The molecule has 0 unspecified atom stereocenters. The summed E-state index contributed by atoms with van der Waals surface area (Å²) in [7, 11) is 4.85. The SMILES string of the molecule is COc1cc(/C(C)=N/n2c(-c3ccc(C4CCCCC4)cc3)csc2=NC(C)C)cc(OC)c1OC. The molecule has 0 radical (unpaired) electrons. The molecule has 7 heteroatoms. The van der Waals surface area contributed by atoms with E-state index in [-0.39, 0.29) is 6.04 Å². The van der Waals surface area contributed by atoms with Crippen molar-refractivity contribution in [3.8, 4) is 28.5 Å². The predicted molar refractivity (Wildman–Crippen MR) is 148 cm³/mol. The Bertz CT molecular complexity index is 1240. The van der Waals surface area contributed by atoms with Crippen molar-refractivity contribution in [1.29, 1.82) is 0 Å². The van der Waals surface area contributed by atoms with Gasteiger partial charge in [-0.15, -0.1) is 11.3 Å². The number of thiazole rings is 1. The first-order chi connectivity index (χ1) is 17.4. The van der Waals surface area contributed by atoms with E-state index in [4.69, 9.17) is 24.3 Å². The Morgan fingerprint density at radius 3 is 2.14 bits per heavy atom. The van der Waals surface area contributed by atoms with Gasteiger partial charge in [0.1, 0.15) is 0 Å². The summed E-state index contributed by atoms with van der Waals surface area (Å²) in [5.41, 5.74) is 5.32. The van der Waals surface area contributed by atoms with Gasteiger partial charge < -0.3 is 14.2 Å². The lowest BCUT2D eigenvalue weighted by molar-refractivity contribution is 0.324. The molecule has 36 heavy (non-hydrogen) atoms. The first kappa shape index (κ1) is 26.0. The molecule has 1 aliphatic carbocycles. The molecule has 1 saturated carbocycles. The molecule has 192 valence electrons. The van der Waals surface area contributed by atoms with Crippen molar-refractivity contribution in [2.24, 2.45) is 10.1 Å². The molecule has 1 aromatic heterocycles. The number of nitrogens with zero attached hydrogens (tertiary/aromatic N) is 3. The minimum Gasteiger partial charge on any atom is -0.493 e. The summed E-state index contributed by atoms with van der Waals surface area (Å²) < 4.78 is 18.5. The molecule has 0 amide bonds. The number of aromatic nitrogens is 1. The first-order valence-electron chi connectivity index (χ1n) is 12.7. The van der Waals surface area contributed by atoms with Crippen LogP contribution < -0.4 is 19.0 Å². The maximum atomic E-state index is 5.55. The average molecular weight is 508 g/mol. The lowest BCUT2D eigenvalue weighted by Crippen LogP contribution is -2.16. The van der Waals surface area contributed by atoms with Gasteiger partial charge in [-0.1, -0.05) is 43.5 Å². The molecule has 0 N–H and O–H groups in total. The summed E-state index contributed by atoms with van der Waals surface area (Å²) in [6, 6.07) is 13.0. The lowest BCUT2D eigenvalue weighted by Gasteiger charge is -2.22. The van der Waals surface area contributed by atoms with E-state index < -0.39 is 0 Å². The minimum atomic E-state index is 0.160. The molecule has 0 saturated heterocycles. The third-order valence-corrected chi connectivity index (χ3v) is 7.50. The first-order valence-corrected chi connectivity index (χ1v) is 13.5. The second kappa shape index (κ2) is 11.8. The summed E-state index contributed by atoms with van der Waals surface area (Å²) in [6.07, 6.45) is 6.65. The average Bonchev–Trinajstić information content (AvgIpc) is 3.29. The van der Waals surface area contributed by atoms with Crippen LogP contribution in [-0.2, 0) is 0 Å². The fourth-order valence-electron chi connectivity index (χ4n) is 4.76. The van der Waals surface area contributed by atoms with E-state index in [0.717, 1.165) is 27.3 Å². The standard InChI is InChI=1S/C29H37N3O3S/c1-19(2)30-29-32(31-20(3)24-16-26(33-4)28(35-6)27(17-24)34-5)25(18-36-29)23-14-12-22(13-15-23)21-10-8-7-9-11-21/h12-19,21H,7-11H2,1-6H3/b30-29?,31-20+. The van der Waals surface area contributed by atoms with Crippen molar-refractivity contribution in [3.05, 3.63) is 57.7 Å². The number of hydrogen-bond acceptors (Lipinski definition) is 6. The smallest absolute Gasteiger partial charge is 0.206 e. The second-order valence-corrected chi connectivity index (χ2v) is 10.3. The third kappa shape index (κ3) is 5.67. The fraction of sp³-hybridized carbons (Fsp3) is 0.448. The monoisotopic (exact) mass is 507 g/mol. The van der Waals surface area contributed by atoms with Gasteiger partial charge in [-0.25, -0.2) is 4.68 Å². The Balaban J connectivity index is 1.76. The largest absolute Gasteiger partial charge is 0.493 e. The van der Waals surface area contributed by atoms with Crippen LogP contribution in [0.2, 0.25) is 0 Å². The van der Waals surface area contributed by atoms with Crippen LogP contribution in [0.25, 0.3) is 11.3 Å². The zero-order valence-corrected chi connectivity index (χ0v) is 23.0. The van der Waals surface area contributed by atoms with E-state index in [1.165, 1.54) is 37.7 Å². The highest BCUT2D eigenvalue weighted by atomic mass is 32.1.